The average molecular weight is 302 g/mol. The van der Waals surface area contributed by atoms with Gasteiger partial charge in [0.1, 0.15) is 0 Å². The smallest absolute Gasteiger partial charge is 0.0592 e. The molecule has 2 rings (SSSR count). The van der Waals surface area contributed by atoms with Crippen LogP contribution in [0.1, 0.15) is 12.8 Å². The normalized spacial score (nSPS) is 17.4. The van der Waals surface area contributed by atoms with Crippen LogP contribution in [-0.2, 0) is 0 Å². The van der Waals surface area contributed by atoms with E-state index in [1.54, 1.807) is 11.8 Å². The predicted molar refractivity (Wildman–Crippen MR) is 71.9 cm³/mol. The zero-order valence-electron chi connectivity index (χ0n) is 9.03. The second-order valence-corrected chi connectivity index (χ2v) is 6.09. The Morgan fingerprint density at radius 2 is 2.06 bits per heavy atom. The van der Waals surface area contributed by atoms with Crippen LogP contribution < -0.4 is 5.32 Å². The molecule has 2 N–H and O–H groups in total. The molecule has 1 saturated carbocycles. The molecule has 1 aliphatic carbocycles. The molecular weight excluding hydrogens is 286 g/mol. The zero-order chi connectivity index (χ0) is 11.4. The molecule has 0 heterocycles. The molecule has 0 spiro atoms. The van der Waals surface area contributed by atoms with E-state index < -0.39 is 0 Å². The highest BCUT2D eigenvalue weighted by Gasteiger charge is 2.24. The van der Waals surface area contributed by atoms with Gasteiger partial charge in [0.15, 0.2) is 0 Å². The van der Waals surface area contributed by atoms with Crippen molar-refractivity contribution in [1.29, 1.82) is 0 Å². The Morgan fingerprint density at radius 1 is 1.38 bits per heavy atom. The summed E-state index contributed by atoms with van der Waals surface area (Å²) in [5.41, 5.74) is 0. The maximum Gasteiger partial charge on any atom is 0.0592 e. The van der Waals surface area contributed by atoms with Crippen LogP contribution >= 0.6 is 27.7 Å². The fourth-order valence-corrected chi connectivity index (χ4v) is 2.65. The number of halogens is 1. The van der Waals surface area contributed by atoms with Crippen LogP contribution in [-0.4, -0.2) is 29.5 Å². The molecule has 2 nitrogen and oxygen atoms in total. The van der Waals surface area contributed by atoms with Crippen LogP contribution in [0.25, 0.3) is 0 Å². The molecule has 0 saturated heterocycles. The van der Waals surface area contributed by atoms with Crippen molar-refractivity contribution in [2.75, 3.05) is 12.4 Å². The summed E-state index contributed by atoms with van der Waals surface area (Å²) in [7, 11) is 0. The van der Waals surface area contributed by atoms with E-state index in [-0.39, 0.29) is 12.6 Å². The number of rotatable bonds is 6. The first kappa shape index (κ1) is 12.4. The molecule has 0 amide bonds. The number of thioether (sulfide) groups is 1. The number of hydrogen-bond donors (Lipinski definition) is 2. The molecule has 0 radical (unpaired) electrons. The molecule has 1 aromatic carbocycles. The van der Waals surface area contributed by atoms with Gasteiger partial charge in [-0.05, 0) is 37.1 Å². The van der Waals surface area contributed by atoms with Crippen molar-refractivity contribution in [3.05, 3.63) is 28.7 Å². The maximum absolute atomic E-state index is 9.24. The molecule has 4 heteroatoms. The Hall–Kier alpha value is -0.0300. The van der Waals surface area contributed by atoms with E-state index in [4.69, 9.17) is 0 Å². The molecule has 1 atom stereocenters. The SMILES string of the molecule is OCC(CSc1ccc(Br)cc1)NC1CC1. The first-order valence-corrected chi connectivity index (χ1v) is 7.31. The Bertz CT molecular complexity index is 326. The lowest BCUT2D eigenvalue weighted by Crippen LogP contribution is -2.36. The summed E-state index contributed by atoms with van der Waals surface area (Å²) in [4.78, 5) is 1.25. The number of hydrogen-bond acceptors (Lipinski definition) is 3. The van der Waals surface area contributed by atoms with Crippen LogP contribution in [0.4, 0.5) is 0 Å². The quantitative estimate of drug-likeness (QED) is 0.792. The summed E-state index contributed by atoms with van der Waals surface area (Å²) >= 11 is 5.21. The zero-order valence-corrected chi connectivity index (χ0v) is 11.4. The van der Waals surface area contributed by atoms with E-state index in [1.807, 2.05) is 12.1 Å². The van der Waals surface area contributed by atoms with Gasteiger partial charge in [0.2, 0.25) is 0 Å². The Labute approximate surface area is 109 Å². The summed E-state index contributed by atoms with van der Waals surface area (Å²) in [6.07, 6.45) is 2.53. The Morgan fingerprint density at radius 3 is 2.62 bits per heavy atom. The Balaban J connectivity index is 1.77. The average Bonchev–Trinajstić information content (AvgIpc) is 3.10. The van der Waals surface area contributed by atoms with E-state index in [0.717, 1.165) is 10.2 Å². The van der Waals surface area contributed by atoms with Gasteiger partial charge >= 0.3 is 0 Å². The molecular formula is C12H16BrNOS. The van der Waals surface area contributed by atoms with Gasteiger partial charge in [-0.2, -0.15) is 0 Å². The molecule has 1 aliphatic rings. The number of benzene rings is 1. The van der Waals surface area contributed by atoms with E-state index in [1.165, 1.54) is 17.7 Å². The minimum atomic E-state index is 0.222. The van der Waals surface area contributed by atoms with Crippen LogP contribution in [0.2, 0.25) is 0 Å². The highest BCUT2D eigenvalue weighted by Crippen LogP contribution is 2.23. The van der Waals surface area contributed by atoms with E-state index >= 15 is 0 Å². The van der Waals surface area contributed by atoms with E-state index in [0.29, 0.717) is 6.04 Å². The topological polar surface area (TPSA) is 32.3 Å². The highest BCUT2D eigenvalue weighted by molar-refractivity contribution is 9.10. The van der Waals surface area contributed by atoms with Gasteiger partial charge in [-0.1, -0.05) is 15.9 Å². The fraction of sp³-hybridized carbons (Fsp3) is 0.500. The van der Waals surface area contributed by atoms with Gasteiger partial charge in [-0.25, -0.2) is 0 Å². The predicted octanol–water partition coefficient (Wildman–Crippen LogP) is 2.65. The maximum atomic E-state index is 9.24. The molecule has 1 unspecified atom stereocenters. The summed E-state index contributed by atoms with van der Waals surface area (Å²) in [6.45, 7) is 0.222. The molecule has 0 aromatic heterocycles. The second-order valence-electron chi connectivity index (χ2n) is 4.09. The lowest BCUT2D eigenvalue weighted by atomic mass is 10.3. The van der Waals surface area contributed by atoms with Gasteiger partial charge < -0.3 is 10.4 Å². The second kappa shape index (κ2) is 6.05. The van der Waals surface area contributed by atoms with Gasteiger partial charge in [0.25, 0.3) is 0 Å². The third-order valence-electron chi connectivity index (χ3n) is 2.53. The van der Waals surface area contributed by atoms with E-state index in [2.05, 4.69) is 33.4 Å². The van der Waals surface area contributed by atoms with Gasteiger partial charge in [0.05, 0.1) is 6.61 Å². The lowest BCUT2D eigenvalue weighted by Gasteiger charge is -2.15. The van der Waals surface area contributed by atoms with Crippen LogP contribution in [0, 0.1) is 0 Å². The summed E-state index contributed by atoms with van der Waals surface area (Å²) in [6, 6.07) is 9.17. The first-order chi connectivity index (χ1) is 7.78. The third-order valence-corrected chi connectivity index (χ3v) is 4.24. The van der Waals surface area contributed by atoms with Gasteiger partial charge in [-0.3, -0.25) is 0 Å². The minimum absolute atomic E-state index is 0.222. The Kier molecular flexibility index (Phi) is 4.70. The van der Waals surface area contributed by atoms with Crippen molar-refractivity contribution in [2.24, 2.45) is 0 Å². The summed E-state index contributed by atoms with van der Waals surface area (Å²) in [5, 5.41) is 12.7. The summed E-state index contributed by atoms with van der Waals surface area (Å²) in [5.74, 6) is 0.925. The van der Waals surface area contributed by atoms with Crippen molar-refractivity contribution in [2.45, 2.75) is 29.8 Å². The molecule has 88 valence electrons. The number of aliphatic hydroxyl groups is 1. The van der Waals surface area contributed by atoms with Crippen molar-refractivity contribution in [1.82, 2.24) is 5.32 Å². The van der Waals surface area contributed by atoms with Crippen molar-refractivity contribution < 1.29 is 5.11 Å². The summed E-state index contributed by atoms with van der Waals surface area (Å²) < 4.78 is 1.10. The van der Waals surface area contributed by atoms with Crippen molar-refractivity contribution >= 4 is 27.7 Å². The minimum Gasteiger partial charge on any atom is -0.395 e. The standard InChI is InChI=1S/C12H16BrNOS/c13-9-1-5-12(6-2-9)16-8-11(7-15)14-10-3-4-10/h1-2,5-6,10-11,14-15H,3-4,7-8H2. The monoisotopic (exact) mass is 301 g/mol. The lowest BCUT2D eigenvalue weighted by molar-refractivity contribution is 0.253. The molecule has 1 aromatic rings. The number of aliphatic hydroxyl groups excluding tert-OH is 1. The number of nitrogens with one attached hydrogen (secondary N) is 1. The van der Waals surface area contributed by atoms with Crippen molar-refractivity contribution in [3.63, 3.8) is 0 Å². The van der Waals surface area contributed by atoms with Crippen molar-refractivity contribution in [3.8, 4) is 0 Å². The van der Waals surface area contributed by atoms with Crippen LogP contribution in [0.15, 0.2) is 33.6 Å². The van der Waals surface area contributed by atoms with Gasteiger partial charge in [-0.15, -0.1) is 11.8 Å². The first-order valence-electron chi connectivity index (χ1n) is 5.53. The fourth-order valence-electron chi connectivity index (χ4n) is 1.46. The van der Waals surface area contributed by atoms with E-state index in [9.17, 15) is 5.11 Å². The third kappa shape index (κ3) is 4.09. The molecule has 16 heavy (non-hydrogen) atoms. The molecule has 1 fully saturated rings. The highest BCUT2D eigenvalue weighted by atomic mass is 79.9. The van der Waals surface area contributed by atoms with Gasteiger partial charge in [0, 0.05) is 27.2 Å². The largest absolute Gasteiger partial charge is 0.395 e. The molecule has 0 bridgehead atoms. The van der Waals surface area contributed by atoms with Crippen LogP contribution in [0.5, 0.6) is 0 Å². The van der Waals surface area contributed by atoms with Crippen LogP contribution in [0.3, 0.4) is 0 Å². The molecule has 0 aliphatic heterocycles.